The van der Waals surface area contributed by atoms with E-state index >= 15 is 0 Å². The predicted octanol–water partition coefficient (Wildman–Crippen LogP) is 7.36. The number of rotatable bonds is 4. The molecule has 1 N–H and O–H groups in total. The fraction of sp³-hybridized carbons (Fsp3) is 0.259. The number of fused-ring (bicyclic) bond motifs is 3. The minimum Gasteiger partial charge on any atom is -0.489 e. The molecule has 30 heavy (non-hydrogen) atoms. The number of aryl methyl sites for hydroxylation is 2. The molecular formula is C27H26ClNO. The van der Waals surface area contributed by atoms with Crippen molar-refractivity contribution in [2.75, 3.05) is 5.32 Å². The number of hydrogen-bond donors (Lipinski definition) is 1. The lowest BCUT2D eigenvalue weighted by Crippen LogP contribution is -2.29. The van der Waals surface area contributed by atoms with Crippen molar-refractivity contribution in [1.29, 1.82) is 0 Å². The van der Waals surface area contributed by atoms with Gasteiger partial charge in [-0.1, -0.05) is 65.7 Å². The van der Waals surface area contributed by atoms with Gasteiger partial charge in [0, 0.05) is 16.6 Å². The Kier molecular flexibility index (Phi) is 5.04. The van der Waals surface area contributed by atoms with Crippen molar-refractivity contribution < 1.29 is 4.74 Å². The molecule has 1 heterocycles. The van der Waals surface area contributed by atoms with Crippen molar-refractivity contribution in [2.45, 2.75) is 38.8 Å². The highest BCUT2D eigenvalue weighted by Crippen LogP contribution is 2.50. The molecule has 1 aliphatic heterocycles. The molecule has 0 amide bonds. The lowest BCUT2D eigenvalue weighted by molar-refractivity contribution is 0.306. The van der Waals surface area contributed by atoms with E-state index in [1.54, 1.807) is 0 Å². The van der Waals surface area contributed by atoms with Crippen molar-refractivity contribution in [3.63, 3.8) is 0 Å². The maximum atomic E-state index is 5.97. The summed E-state index contributed by atoms with van der Waals surface area (Å²) in [4.78, 5) is 0. The van der Waals surface area contributed by atoms with Gasteiger partial charge in [-0.3, -0.25) is 0 Å². The molecule has 0 aromatic heterocycles. The third kappa shape index (κ3) is 3.61. The molecule has 2 nitrogen and oxygen atoms in total. The largest absolute Gasteiger partial charge is 0.489 e. The Hall–Kier alpha value is -2.71. The highest BCUT2D eigenvalue weighted by molar-refractivity contribution is 6.30. The topological polar surface area (TPSA) is 21.3 Å². The van der Waals surface area contributed by atoms with E-state index in [0.717, 1.165) is 22.8 Å². The molecule has 0 spiro atoms. The molecule has 1 aliphatic carbocycles. The summed E-state index contributed by atoms with van der Waals surface area (Å²) >= 11 is 5.96. The second-order valence-electron chi connectivity index (χ2n) is 8.51. The maximum Gasteiger partial charge on any atom is 0.119 e. The molecule has 0 bridgehead atoms. The number of ether oxygens (including phenoxy) is 1. The van der Waals surface area contributed by atoms with Crippen LogP contribution in [0, 0.1) is 19.8 Å². The fourth-order valence-corrected chi connectivity index (χ4v) is 5.05. The van der Waals surface area contributed by atoms with Crippen LogP contribution in [-0.4, -0.2) is 0 Å². The van der Waals surface area contributed by atoms with E-state index in [1.165, 1.54) is 27.9 Å². The molecule has 0 fully saturated rings. The number of allylic oxidation sites excluding steroid dienone is 2. The quantitative estimate of drug-likeness (QED) is 0.449. The van der Waals surface area contributed by atoms with Gasteiger partial charge in [0.1, 0.15) is 12.4 Å². The van der Waals surface area contributed by atoms with Gasteiger partial charge in [0.05, 0.1) is 6.04 Å². The van der Waals surface area contributed by atoms with Gasteiger partial charge in [0.15, 0.2) is 0 Å². The van der Waals surface area contributed by atoms with Gasteiger partial charge in [0.25, 0.3) is 0 Å². The van der Waals surface area contributed by atoms with Crippen molar-refractivity contribution in [3.05, 3.63) is 106 Å². The summed E-state index contributed by atoms with van der Waals surface area (Å²) in [5.41, 5.74) is 7.86. The normalized spacial score (nSPS) is 21.6. The monoisotopic (exact) mass is 415 g/mol. The van der Waals surface area contributed by atoms with Gasteiger partial charge >= 0.3 is 0 Å². The zero-order chi connectivity index (χ0) is 20.7. The standard InChI is InChI=1S/C27H26ClNO/c1-17-14-18(2)26-25(15-17)23-4-3-5-24(23)27(29-26)20-8-12-22(13-9-20)30-16-19-6-10-21(28)11-7-19/h3-4,6-15,23-24,27,29H,5,16H2,1-2H3/t23-,24+,27+/m1/s1. The molecule has 3 heteroatoms. The third-order valence-corrected chi connectivity index (χ3v) is 6.62. The van der Waals surface area contributed by atoms with Crippen molar-refractivity contribution >= 4 is 17.3 Å². The number of nitrogens with one attached hydrogen (secondary N) is 1. The van der Waals surface area contributed by atoms with Gasteiger partial charge in [-0.05, 0) is 72.7 Å². The highest BCUT2D eigenvalue weighted by Gasteiger charge is 2.38. The summed E-state index contributed by atoms with van der Waals surface area (Å²) in [7, 11) is 0. The van der Waals surface area contributed by atoms with Crippen LogP contribution >= 0.6 is 11.6 Å². The average Bonchev–Trinajstić information content (AvgIpc) is 3.24. The molecule has 0 saturated carbocycles. The van der Waals surface area contributed by atoms with Crippen molar-refractivity contribution in [1.82, 2.24) is 0 Å². The van der Waals surface area contributed by atoms with Gasteiger partial charge in [-0.15, -0.1) is 0 Å². The molecule has 2 aliphatic rings. The van der Waals surface area contributed by atoms with E-state index in [2.05, 4.69) is 67.7 Å². The molecule has 0 unspecified atom stereocenters. The lowest BCUT2D eigenvalue weighted by atomic mass is 9.76. The Balaban J connectivity index is 1.36. The number of halogens is 1. The van der Waals surface area contributed by atoms with Crippen LogP contribution in [0.3, 0.4) is 0 Å². The first kappa shape index (κ1) is 19.3. The van der Waals surface area contributed by atoms with E-state index < -0.39 is 0 Å². The van der Waals surface area contributed by atoms with Crippen LogP contribution < -0.4 is 10.1 Å². The van der Waals surface area contributed by atoms with E-state index in [-0.39, 0.29) is 0 Å². The van der Waals surface area contributed by atoms with Gasteiger partial charge < -0.3 is 10.1 Å². The van der Waals surface area contributed by atoms with Crippen LogP contribution in [-0.2, 0) is 6.61 Å². The third-order valence-electron chi connectivity index (χ3n) is 6.37. The molecular weight excluding hydrogens is 390 g/mol. The van der Waals surface area contributed by atoms with Crippen LogP contribution in [0.5, 0.6) is 5.75 Å². The lowest BCUT2D eigenvalue weighted by Gasteiger charge is -2.38. The van der Waals surface area contributed by atoms with Crippen molar-refractivity contribution in [3.8, 4) is 5.75 Å². The Bertz CT molecular complexity index is 1090. The summed E-state index contributed by atoms with van der Waals surface area (Å²) in [6.07, 6.45) is 5.86. The van der Waals surface area contributed by atoms with E-state index in [4.69, 9.17) is 16.3 Å². The second-order valence-corrected chi connectivity index (χ2v) is 8.94. The van der Waals surface area contributed by atoms with Crippen LogP contribution in [0.15, 0.2) is 72.8 Å². The van der Waals surface area contributed by atoms with Gasteiger partial charge in [-0.2, -0.15) is 0 Å². The molecule has 0 saturated heterocycles. The maximum absolute atomic E-state index is 5.97. The first-order chi connectivity index (χ1) is 14.6. The zero-order valence-corrected chi connectivity index (χ0v) is 18.1. The number of benzene rings is 3. The Morgan fingerprint density at radius 1 is 1.00 bits per heavy atom. The summed E-state index contributed by atoms with van der Waals surface area (Å²) in [5.74, 6) is 1.93. The van der Waals surface area contributed by atoms with Gasteiger partial charge in [0.2, 0.25) is 0 Å². The minimum absolute atomic E-state index is 0.309. The number of anilines is 1. The zero-order valence-electron chi connectivity index (χ0n) is 17.4. The fourth-order valence-electron chi connectivity index (χ4n) is 4.92. The van der Waals surface area contributed by atoms with E-state index in [1.807, 2.05) is 24.3 Å². The first-order valence-corrected chi connectivity index (χ1v) is 11.0. The Labute approximate surface area is 183 Å². The van der Waals surface area contributed by atoms with Crippen LogP contribution in [0.4, 0.5) is 5.69 Å². The Morgan fingerprint density at radius 2 is 1.77 bits per heavy atom. The second kappa shape index (κ2) is 7.85. The predicted molar refractivity (Wildman–Crippen MR) is 124 cm³/mol. The molecule has 3 aromatic carbocycles. The van der Waals surface area contributed by atoms with Gasteiger partial charge in [-0.25, -0.2) is 0 Å². The Morgan fingerprint density at radius 3 is 2.53 bits per heavy atom. The van der Waals surface area contributed by atoms with Crippen LogP contribution in [0.25, 0.3) is 0 Å². The van der Waals surface area contributed by atoms with E-state index in [0.29, 0.717) is 24.5 Å². The summed E-state index contributed by atoms with van der Waals surface area (Å²) in [5, 5.41) is 4.61. The minimum atomic E-state index is 0.309. The first-order valence-electron chi connectivity index (χ1n) is 10.6. The molecule has 5 rings (SSSR count). The number of hydrogen-bond acceptors (Lipinski definition) is 2. The molecule has 0 radical (unpaired) electrons. The summed E-state index contributed by atoms with van der Waals surface area (Å²) in [6.45, 7) is 4.94. The summed E-state index contributed by atoms with van der Waals surface area (Å²) < 4.78 is 5.97. The smallest absolute Gasteiger partial charge is 0.119 e. The van der Waals surface area contributed by atoms with Crippen LogP contribution in [0.1, 0.15) is 46.2 Å². The molecule has 3 aromatic rings. The molecule has 3 atom stereocenters. The summed E-state index contributed by atoms with van der Waals surface area (Å²) in [6, 6.07) is 21.3. The highest BCUT2D eigenvalue weighted by atomic mass is 35.5. The SMILES string of the molecule is Cc1cc(C)c2c(c1)[C@@H]1C=CC[C@@H]1[C@H](c1ccc(OCc3ccc(Cl)cc3)cc1)N2. The molecule has 152 valence electrons. The van der Waals surface area contributed by atoms with Crippen molar-refractivity contribution in [2.24, 2.45) is 5.92 Å². The van der Waals surface area contributed by atoms with E-state index in [9.17, 15) is 0 Å². The van der Waals surface area contributed by atoms with Crippen LogP contribution in [0.2, 0.25) is 5.02 Å². The average molecular weight is 416 g/mol.